The number of amides is 2. The summed E-state index contributed by atoms with van der Waals surface area (Å²) in [5, 5.41) is 14.8. The molecule has 2 saturated heterocycles. The molecule has 2 fully saturated rings. The first-order chi connectivity index (χ1) is 20.8. The van der Waals surface area contributed by atoms with Gasteiger partial charge in [-0.2, -0.15) is 17.5 Å². The summed E-state index contributed by atoms with van der Waals surface area (Å²) in [5.74, 6) is -0.289. The second kappa shape index (κ2) is 12.4. The summed E-state index contributed by atoms with van der Waals surface area (Å²) in [5.41, 5.74) is 0.562. The van der Waals surface area contributed by atoms with Crippen LogP contribution in [0.1, 0.15) is 35.8 Å². The van der Waals surface area contributed by atoms with E-state index in [2.05, 4.69) is 30.5 Å². The molecule has 238 valence electrons. The van der Waals surface area contributed by atoms with Crippen LogP contribution in [-0.4, -0.2) is 112 Å². The second-order valence-electron chi connectivity index (χ2n) is 10.7. The fourth-order valence-corrected chi connectivity index (χ4v) is 8.54. The number of halogens is 3. The summed E-state index contributed by atoms with van der Waals surface area (Å²) in [7, 11) is -3.86. The summed E-state index contributed by atoms with van der Waals surface area (Å²) in [6.07, 6.45) is -4.43. The highest BCUT2D eigenvalue weighted by Crippen LogP contribution is 2.35. The Morgan fingerprint density at radius 3 is 2.57 bits per heavy atom. The van der Waals surface area contributed by atoms with Gasteiger partial charge in [0, 0.05) is 50.7 Å². The number of fused-ring (bicyclic) bond motifs is 1. The second-order valence-corrected chi connectivity index (χ2v) is 13.8. The first-order valence-electron chi connectivity index (χ1n) is 13.8. The van der Waals surface area contributed by atoms with Crippen molar-refractivity contribution < 1.29 is 36.3 Å². The third-order valence-electron chi connectivity index (χ3n) is 7.58. The number of hydrogen-bond donors (Lipinski definition) is 3. The van der Waals surface area contributed by atoms with Gasteiger partial charge in [0.15, 0.2) is 9.34 Å². The Bertz CT molecular complexity index is 1660. The van der Waals surface area contributed by atoms with Gasteiger partial charge in [-0.1, -0.05) is 17.4 Å². The number of piperazine rings is 1. The fourth-order valence-electron chi connectivity index (χ4n) is 5.58. The standard InChI is InChI=1S/C26H31F3N8O5S2/c1-15(13-35-9-11-36(12-10-35)44(41,42)23-16(2)33-24(43-23)34-25(39)40)32-21-17-5-3-6-18(20(17)30-14-31-21)22(38)37-8-4-7-19(37)26(27,28)29/h3,5-6,14-15,19H,4,7-13H2,1-2H3,(H,33,34)(H,39,40)(H,30,31,32)/t15?,19-/m0/s1. The van der Waals surface area contributed by atoms with Crippen molar-refractivity contribution in [3.05, 3.63) is 35.8 Å². The van der Waals surface area contributed by atoms with Crippen molar-refractivity contribution in [2.75, 3.05) is 49.9 Å². The molecule has 2 aliphatic heterocycles. The van der Waals surface area contributed by atoms with Crippen molar-refractivity contribution in [3.63, 3.8) is 0 Å². The molecule has 5 rings (SSSR count). The number of benzene rings is 1. The molecule has 3 aromatic rings. The van der Waals surface area contributed by atoms with Gasteiger partial charge < -0.3 is 15.3 Å². The zero-order valence-electron chi connectivity index (χ0n) is 23.8. The molecular formula is C26H31F3N8O5S2. The van der Waals surface area contributed by atoms with E-state index in [1.807, 2.05) is 6.92 Å². The van der Waals surface area contributed by atoms with Gasteiger partial charge in [0.25, 0.3) is 15.9 Å². The van der Waals surface area contributed by atoms with E-state index < -0.39 is 34.2 Å². The van der Waals surface area contributed by atoms with Gasteiger partial charge in [-0.25, -0.2) is 28.2 Å². The van der Waals surface area contributed by atoms with E-state index in [9.17, 15) is 31.2 Å². The van der Waals surface area contributed by atoms with Crippen molar-refractivity contribution in [2.24, 2.45) is 0 Å². The number of anilines is 2. The van der Waals surface area contributed by atoms with Crippen LogP contribution in [0.15, 0.2) is 28.7 Å². The summed E-state index contributed by atoms with van der Waals surface area (Å²) in [6.45, 7) is 5.34. The largest absolute Gasteiger partial charge is 0.465 e. The van der Waals surface area contributed by atoms with E-state index in [1.54, 1.807) is 12.1 Å². The number of carbonyl (C=O) groups is 2. The van der Waals surface area contributed by atoms with Crippen LogP contribution in [0, 0.1) is 6.92 Å². The Balaban J connectivity index is 1.23. The maximum absolute atomic E-state index is 13.5. The lowest BCUT2D eigenvalue weighted by atomic mass is 10.1. The molecule has 18 heteroatoms. The lowest BCUT2D eigenvalue weighted by Gasteiger charge is -2.35. The predicted octanol–water partition coefficient (Wildman–Crippen LogP) is 3.46. The highest BCUT2D eigenvalue weighted by Gasteiger charge is 2.48. The molecular weight excluding hydrogens is 625 g/mol. The molecule has 2 aliphatic rings. The maximum Gasteiger partial charge on any atom is 0.410 e. The van der Waals surface area contributed by atoms with E-state index >= 15 is 0 Å². The molecule has 4 heterocycles. The van der Waals surface area contributed by atoms with Gasteiger partial charge in [0.2, 0.25) is 0 Å². The Kier molecular flexibility index (Phi) is 8.97. The summed E-state index contributed by atoms with van der Waals surface area (Å²) < 4.78 is 68.4. The Labute approximate surface area is 255 Å². The Morgan fingerprint density at radius 1 is 1.16 bits per heavy atom. The maximum atomic E-state index is 13.5. The molecule has 1 unspecified atom stereocenters. The van der Waals surface area contributed by atoms with Crippen LogP contribution in [0.2, 0.25) is 0 Å². The SMILES string of the molecule is Cc1nc(NC(=O)O)sc1S(=O)(=O)N1CCN(CC(C)Nc2ncnc3c(C(=O)N4CCC[C@H]4C(F)(F)F)cccc23)CC1. The van der Waals surface area contributed by atoms with Crippen LogP contribution in [0.5, 0.6) is 0 Å². The number of thiazole rings is 1. The number of nitrogens with one attached hydrogen (secondary N) is 2. The Hall–Kier alpha value is -3.61. The monoisotopic (exact) mass is 656 g/mol. The third-order valence-corrected chi connectivity index (χ3v) is 11.1. The number of carboxylic acid groups (broad SMARTS) is 1. The van der Waals surface area contributed by atoms with Gasteiger partial charge in [0.1, 0.15) is 18.2 Å². The van der Waals surface area contributed by atoms with Gasteiger partial charge in [-0.3, -0.25) is 15.0 Å². The minimum absolute atomic E-state index is 0.00289. The number of alkyl halides is 3. The molecule has 0 saturated carbocycles. The number of sulfonamides is 1. The molecule has 2 atom stereocenters. The molecule has 0 radical (unpaired) electrons. The lowest BCUT2D eigenvalue weighted by Crippen LogP contribution is -2.50. The van der Waals surface area contributed by atoms with Crippen molar-refractivity contribution in [1.82, 2.24) is 29.1 Å². The van der Waals surface area contributed by atoms with Crippen molar-refractivity contribution in [2.45, 2.75) is 49.2 Å². The summed E-state index contributed by atoms with van der Waals surface area (Å²) in [4.78, 5) is 39.6. The average Bonchev–Trinajstić information content (AvgIpc) is 3.60. The van der Waals surface area contributed by atoms with E-state index in [4.69, 9.17) is 5.11 Å². The zero-order chi connectivity index (χ0) is 31.8. The van der Waals surface area contributed by atoms with Gasteiger partial charge in [-0.05, 0) is 38.8 Å². The van der Waals surface area contributed by atoms with E-state index in [1.165, 1.54) is 23.6 Å². The topological polar surface area (TPSA) is 161 Å². The first kappa shape index (κ1) is 31.8. The molecule has 0 bridgehead atoms. The van der Waals surface area contributed by atoms with Crippen molar-refractivity contribution >= 4 is 55.2 Å². The van der Waals surface area contributed by atoms with Gasteiger partial charge in [0.05, 0.1) is 16.8 Å². The van der Waals surface area contributed by atoms with Gasteiger partial charge >= 0.3 is 12.3 Å². The molecule has 2 amide bonds. The van der Waals surface area contributed by atoms with Crippen LogP contribution >= 0.6 is 11.3 Å². The van der Waals surface area contributed by atoms with Crippen LogP contribution < -0.4 is 10.6 Å². The number of para-hydroxylation sites is 1. The van der Waals surface area contributed by atoms with Gasteiger partial charge in [-0.15, -0.1) is 0 Å². The number of hydrogen-bond acceptors (Lipinski definition) is 10. The summed E-state index contributed by atoms with van der Waals surface area (Å²) >= 11 is 0.771. The minimum atomic E-state index is -4.51. The number of aromatic nitrogens is 3. The number of aryl methyl sites for hydroxylation is 1. The first-order valence-corrected chi connectivity index (χ1v) is 16.1. The fraction of sp³-hybridized carbons (Fsp3) is 0.500. The number of nitrogens with zero attached hydrogens (tertiary/aromatic N) is 6. The molecule has 44 heavy (non-hydrogen) atoms. The highest BCUT2D eigenvalue weighted by molar-refractivity contribution is 7.91. The van der Waals surface area contributed by atoms with E-state index in [0.717, 1.165) is 16.2 Å². The van der Waals surface area contributed by atoms with E-state index in [-0.39, 0.29) is 64.6 Å². The molecule has 2 aromatic heterocycles. The molecule has 3 N–H and O–H groups in total. The van der Waals surface area contributed by atoms with Crippen LogP contribution in [0.25, 0.3) is 10.9 Å². The van der Waals surface area contributed by atoms with Crippen molar-refractivity contribution in [1.29, 1.82) is 0 Å². The van der Waals surface area contributed by atoms with Crippen LogP contribution in [0.3, 0.4) is 0 Å². The molecule has 13 nitrogen and oxygen atoms in total. The van der Waals surface area contributed by atoms with Crippen LogP contribution in [0.4, 0.5) is 28.9 Å². The lowest BCUT2D eigenvalue weighted by molar-refractivity contribution is -0.169. The predicted molar refractivity (Wildman–Crippen MR) is 156 cm³/mol. The summed E-state index contributed by atoms with van der Waals surface area (Å²) in [6, 6.07) is 2.78. The molecule has 0 aliphatic carbocycles. The smallest absolute Gasteiger partial charge is 0.410 e. The average molecular weight is 657 g/mol. The normalized spacial score (nSPS) is 19.3. The third kappa shape index (κ3) is 6.57. The number of rotatable bonds is 8. The Morgan fingerprint density at radius 2 is 1.89 bits per heavy atom. The van der Waals surface area contributed by atoms with E-state index in [0.29, 0.717) is 30.8 Å². The quantitative estimate of drug-likeness (QED) is 0.328. The zero-order valence-corrected chi connectivity index (χ0v) is 25.5. The van der Waals surface area contributed by atoms with Crippen LogP contribution in [-0.2, 0) is 10.0 Å². The number of likely N-dealkylation sites (tertiary alicyclic amines) is 1. The molecule has 1 aromatic carbocycles. The minimum Gasteiger partial charge on any atom is -0.465 e. The number of carbonyl (C=O) groups excluding carboxylic acids is 1. The van der Waals surface area contributed by atoms with Crippen molar-refractivity contribution in [3.8, 4) is 0 Å². The highest BCUT2D eigenvalue weighted by atomic mass is 32.2. The molecule has 0 spiro atoms.